The minimum atomic E-state index is -0.0251. The van der Waals surface area contributed by atoms with E-state index in [1.807, 2.05) is 0 Å². The monoisotopic (exact) mass is 345 g/mol. The van der Waals surface area contributed by atoms with Crippen LogP contribution < -0.4 is 5.56 Å². The van der Waals surface area contributed by atoms with Gasteiger partial charge in [-0.1, -0.05) is 4.49 Å². The van der Waals surface area contributed by atoms with E-state index in [1.165, 1.54) is 0 Å². The van der Waals surface area contributed by atoms with Crippen LogP contribution in [-0.2, 0) is 19.4 Å². The number of hydrogen-bond donors (Lipinski definition) is 0. The van der Waals surface area contributed by atoms with E-state index >= 15 is 0 Å². The molecular weight excluding hydrogens is 326 g/mol. The third kappa shape index (κ3) is 2.75. The smallest absolute Gasteiger partial charge is 0.267 e. The highest BCUT2D eigenvalue weighted by Gasteiger charge is 2.33. The maximum Gasteiger partial charge on any atom is 0.267 e. The normalized spacial score (nSPS) is 17.5. The van der Waals surface area contributed by atoms with Gasteiger partial charge in [-0.15, -0.1) is 5.10 Å². The number of fused-ring (bicyclic) bond motifs is 1. The molecule has 126 valence electrons. The fraction of sp³-hybridized carbons (Fsp3) is 0.562. The zero-order valence-electron chi connectivity index (χ0n) is 13.6. The van der Waals surface area contributed by atoms with Crippen molar-refractivity contribution in [3.8, 4) is 0 Å². The van der Waals surface area contributed by atoms with Crippen molar-refractivity contribution in [3.05, 3.63) is 38.2 Å². The van der Waals surface area contributed by atoms with Gasteiger partial charge in [-0.2, -0.15) is 5.10 Å². The first-order valence-corrected chi connectivity index (χ1v) is 9.07. The van der Waals surface area contributed by atoms with Gasteiger partial charge in [0.05, 0.1) is 17.9 Å². The molecule has 0 bridgehead atoms. The van der Waals surface area contributed by atoms with Crippen LogP contribution in [0.4, 0.5) is 0 Å². The third-order valence-electron chi connectivity index (χ3n) is 4.80. The third-order valence-corrected chi connectivity index (χ3v) is 5.61. The van der Waals surface area contributed by atoms with Gasteiger partial charge in [-0.25, -0.2) is 4.68 Å². The van der Waals surface area contributed by atoms with E-state index in [9.17, 15) is 9.59 Å². The van der Waals surface area contributed by atoms with Gasteiger partial charge in [-0.3, -0.25) is 9.59 Å². The van der Waals surface area contributed by atoms with Crippen molar-refractivity contribution in [2.75, 3.05) is 13.1 Å². The molecule has 0 aromatic carbocycles. The second-order valence-electron chi connectivity index (χ2n) is 6.61. The molecule has 4 rings (SSSR count). The largest absolute Gasteiger partial charge is 0.337 e. The summed E-state index contributed by atoms with van der Waals surface area (Å²) in [5, 5.41) is 8.43. The first kappa shape index (κ1) is 15.4. The highest BCUT2D eigenvalue weighted by molar-refractivity contribution is 7.07. The number of nitrogens with zero attached hydrogens (tertiary/aromatic N) is 5. The zero-order chi connectivity index (χ0) is 16.7. The fourth-order valence-corrected chi connectivity index (χ4v) is 4.02. The topological polar surface area (TPSA) is 81.0 Å². The Balaban J connectivity index is 1.41. The van der Waals surface area contributed by atoms with Crippen LogP contribution in [0.2, 0.25) is 0 Å². The molecule has 1 fully saturated rings. The molecule has 1 aliphatic heterocycles. The van der Waals surface area contributed by atoms with Crippen molar-refractivity contribution >= 4 is 17.4 Å². The van der Waals surface area contributed by atoms with E-state index in [2.05, 4.69) is 14.7 Å². The molecule has 0 unspecified atom stereocenters. The standard InChI is InChI=1S/C16H19N5O2S/c1-10-15(24-19-17-10)16(23)20-7-11(8-20)9-21-14(22)6-12-4-2-3-5-13(12)18-21/h6,11H,2-5,7-9H2,1H3. The molecule has 0 radical (unpaired) electrons. The Morgan fingerprint density at radius 1 is 1.33 bits per heavy atom. The molecule has 2 aliphatic rings. The SMILES string of the molecule is Cc1nnsc1C(=O)N1CC(Cn2nc3c(cc2=O)CCCC3)C1. The highest BCUT2D eigenvalue weighted by atomic mass is 32.1. The lowest BCUT2D eigenvalue weighted by molar-refractivity contribution is 0.0462. The second kappa shape index (κ2) is 6.08. The van der Waals surface area contributed by atoms with Gasteiger partial charge >= 0.3 is 0 Å². The van der Waals surface area contributed by atoms with Gasteiger partial charge in [0.2, 0.25) is 0 Å². The Morgan fingerprint density at radius 2 is 2.12 bits per heavy atom. The lowest BCUT2D eigenvalue weighted by Gasteiger charge is -2.39. The van der Waals surface area contributed by atoms with Crippen LogP contribution >= 0.6 is 11.5 Å². The maximum atomic E-state index is 12.3. The minimum absolute atomic E-state index is 0.00972. The Labute approximate surface area is 143 Å². The molecule has 2 aromatic heterocycles. The molecule has 0 N–H and O–H groups in total. The number of likely N-dealkylation sites (tertiary alicyclic amines) is 1. The van der Waals surface area contributed by atoms with Crippen LogP contribution in [0.3, 0.4) is 0 Å². The number of carbonyl (C=O) groups is 1. The van der Waals surface area contributed by atoms with E-state index in [0.29, 0.717) is 30.2 Å². The molecule has 7 nitrogen and oxygen atoms in total. The van der Waals surface area contributed by atoms with Crippen molar-refractivity contribution in [2.24, 2.45) is 5.92 Å². The van der Waals surface area contributed by atoms with Gasteiger partial charge < -0.3 is 4.90 Å². The summed E-state index contributed by atoms with van der Waals surface area (Å²) < 4.78 is 5.39. The molecule has 3 heterocycles. The van der Waals surface area contributed by atoms with Crippen molar-refractivity contribution < 1.29 is 4.79 Å². The average Bonchev–Trinajstić information content (AvgIpc) is 2.96. The number of aryl methyl sites for hydroxylation is 3. The predicted octanol–water partition coefficient (Wildman–Crippen LogP) is 1.05. The first-order chi connectivity index (χ1) is 11.6. The molecule has 0 saturated carbocycles. The zero-order valence-corrected chi connectivity index (χ0v) is 14.4. The highest BCUT2D eigenvalue weighted by Crippen LogP contribution is 2.23. The molecule has 1 aliphatic carbocycles. The number of rotatable bonds is 3. The summed E-state index contributed by atoms with van der Waals surface area (Å²) in [5.41, 5.74) is 2.84. The summed E-state index contributed by atoms with van der Waals surface area (Å²) in [7, 11) is 0. The van der Waals surface area contributed by atoms with E-state index in [1.54, 1.807) is 22.6 Å². The van der Waals surface area contributed by atoms with Crippen LogP contribution in [-0.4, -0.2) is 43.3 Å². The van der Waals surface area contributed by atoms with Crippen LogP contribution in [0.15, 0.2) is 10.9 Å². The Morgan fingerprint density at radius 3 is 2.88 bits per heavy atom. The van der Waals surface area contributed by atoms with Crippen LogP contribution in [0.5, 0.6) is 0 Å². The Bertz CT molecular complexity index is 837. The molecule has 1 amide bonds. The molecule has 24 heavy (non-hydrogen) atoms. The minimum Gasteiger partial charge on any atom is -0.337 e. The lowest BCUT2D eigenvalue weighted by atomic mass is 9.96. The summed E-state index contributed by atoms with van der Waals surface area (Å²) in [5.74, 6) is 0.270. The quantitative estimate of drug-likeness (QED) is 0.831. The number of carbonyl (C=O) groups excluding carboxylic acids is 1. The van der Waals surface area contributed by atoms with E-state index in [4.69, 9.17) is 0 Å². The molecule has 0 atom stereocenters. The van der Waals surface area contributed by atoms with Gasteiger partial charge in [0, 0.05) is 25.1 Å². The number of hydrogen-bond acceptors (Lipinski definition) is 6. The summed E-state index contributed by atoms with van der Waals surface area (Å²) >= 11 is 1.14. The van der Waals surface area contributed by atoms with Crippen molar-refractivity contribution in [1.29, 1.82) is 0 Å². The average molecular weight is 345 g/mol. The molecule has 1 saturated heterocycles. The van der Waals surface area contributed by atoms with Crippen LogP contribution in [0.25, 0.3) is 0 Å². The van der Waals surface area contributed by atoms with Gasteiger partial charge in [0.25, 0.3) is 11.5 Å². The lowest BCUT2D eigenvalue weighted by Crippen LogP contribution is -2.52. The molecule has 2 aromatic rings. The Hall–Kier alpha value is -2.09. The number of aromatic nitrogens is 4. The molecule has 8 heteroatoms. The number of amides is 1. The van der Waals surface area contributed by atoms with E-state index in [0.717, 1.165) is 48.5 Å². The van der Waals surface area contributed by atoms with E-state index < -0.39 is 0 Å². The van der Waals surface area contributed by atoms with Gasteiger partial charge in [-0.05, 0) is 49.7 Å². The summed E-state index contributed by atoms with van der Waals surface area (Å²) in [4.78, 5) is 27.0. The Kier molecular flexibility index (Phi) is 3.91. The van der Waals surface area contributed by atoms with Crippen molar-refractivity contribution in [1.82, 2.24) is 24.3 Å². The summed E-state index contributed by atoms with van der Waals surface area (Å²) in [6, 6.07) is 1.75. The second-order valence-corrected chi connectivity index (χ2v) is 7.36. The van der Waals surface area contributed by atoms with Crippen LogP contribution in [0.1, 0.15) is 39.5 Å². The van der Waals surface area contributed by atoms with E-state index in [-0.39, 0.29) is 17.4 Å². The van der Waals surface area contributed by atoms with Crippen molar-refractivity contribution in [2.45, 2.75) is 39.2 Å². The van der Waals surface area contributed by atoms with Gasteiger partial charge in [0.15, 0.2) is 0 Å². The fourth-order valence-electron chi connectivity index (χ4n) is 3.40. The van der Waals surface area contributed by atoms with Crippen LogP contribution in [0, 0.1) is 12.8 Å². The van der Waals surface area contributed by atoms with Crippen molar-refractivity contribution in [3.63, 3.8) is 0 Å². The summed E-state index contributed by atoms with van der Waals surface area (Å²) in [6.07, 6.45) is 4.21. The first-order valence-electron chi connectivity index (χ1n) is 8.30. The summed E-state index contributed by atoms with van der Waals surface area (Å²) in [6.45, 7) is 3.68. The molecular formula is C16H19N5O2S. The predicted molar refractivity (Wildman–Crippen MR) is 89.2 cm³/mol. The van der Waals surface area contributed by atoms with Gasteiger partial charge in [0.1, 0.15) is 4.88 Å². The maximum absolute atomic E-state index is 12.3. The molecule has 0 spiro atoms.